The molecule has 2 rings (SSSR count). The van der Waals surface area contributed by atoms with Crippen molar-refractivity contribution in [2.75, 3.05) is 5.73 Å². The standard InChI is InChI=1S/C9H5ClN2S/c10-6-2-1-3-7-8(6)5(4-11)9(12)13-7/h1-3H,12H2. The molecule has 2 nitrogen and oxygen atoms in total. The number of fused-ring (bicyclic) bond motifs is 1. The molecule has 0 radical (unpaired) electrons. The van der Waals surface area contributed by atoms with E-state index < -0.39 is 0 Å². The normalized spacial score (nSPS) is 10.2. The Morgan fingerprint density at radius 2 is 2.23 bits per heavy atom. The highest BCUT2D eigenvalue weighted by Crippen LogP contribution is 2.36. The fourth-order valence-corrected chi connectivity index (χ4v) is 2.51. The van der Waals surface area contributed by atoms with E-state index >= 15 is 0 Å². The smallest absolute Gasteiger partial charge is 0.105 e. The van der Waals surface area contributed by atoms with Crippen molar-refractivity contribution in [1.29, 1.82) is 5.26 Å². The van der Waals surface area contributed by atoms with Gasteiger partial charge in [-0.3, -0.25) is 0 Å². The maximum atomic E-state index is 8.85. The van der Waals surface area contributed by atoms with Crippen LogP contribution in [0.4, 0.5) is 5.00 Å². The van der Waals surface area contributed by atoms with Gasteiger partial charge >= 0.3 is 0 Å². The third-order valence-electron chi connectivity index (χ3n) is 1.80. The fourth-order valence-electron chi connectivity index (χ4n) is 1.24. The molecule has 0 aliphatic carbocycles. The lowest BCUT2D eigenvalue weighted by Gasteiger charge is -1.92. The molecular formula is C9H5ClN2S. The van der Waals surface area contributed by atoms with Crippen molar-refractivity contribution in [3.05, 3.63) is 28.8 Å². The predicted octanol–water partition coefficient (Wildman–Crippen LogP) is 3.01. The van der Waals surface area contributed by atoms with Gasteiger partial charge in [-0.05, 0) is 12.1 Å². The van der Waals surface area contributed by atoms with Crippen LogP contribution >= 0.6 is 22.9 Å². The van der Waals surface area contributed by atoms with Gasteiger partial charge in [-0.25, -0.2) is 0 Å². The zero-order valence-corrected chi connectivity index (χ0v) is 8.12. The molecule has 1 aromatic carbocycles. The highest BCUT2D eigenvalue weighted by atomic mass is 35.5. The number of nitrogen functional groups attached to an aromatic ring is 1. The number of halogens is 1. The van der Waals surface area contributed by atoms with Crippen molar-refractivity contribution >= 4 is 38.0 Å². The average Bonchev–Trinajstić information content (AvgIpc) is 2.42. The Balaban J connectivity index is 2.99. The lowest BCUT2D eigenvalue weighted by molar-refractivity contribution is 1.52. The van der Waals surface area contributed by atoms with Crippen LogP contribution in [0, 0.1) is 11.3 Å². The van der Waals surface area contributed by atoms with Crippen LogP contribution in [-0.4, -0.2) is 0 Å². The molecule has 2 aromatic rings. The Hall–Kier alpha value is -1.24. The first-order valence-corrected chi connectivity index (χ1v) is 4.80. The lowest BCUT2D eigenvalue weighted by atomic mass is 10.2. The molecule has 13 heavy (non-hydrogen) atoms. The molecule has 64 valence electrons. The number of hydrogen-bond donors (Lipinski definition) is 1. The van der Waals surface area contributed by atoms with Gasteiger partial charge in [0.15, 0.2) is 0 Å². The van der Waals surface area contributed by atoms with Gasteiger partial charge in [0.2, 0.25) is 0 Å². The minimum absolute atomic E-state index is 0.491. The Morgan fingerprint density at radius 1 is 1.46 bits per heavy atom. The molecule has 0 unspecified atom stereocenters. The van der Waals surface area contributed by atoms with E-state index in [-0.39, 0.29) is 0 Å². The largest absolute Gasteiger partial charge is 0.389 e. The molecule has 2 N–H and O–H groups in total. The molecule has 1 aromatic heterocycles. The second-order valence-corrected chi connectivity index (χ2v) is 4.06. The van der Waals surface area contributed by atoms with Gasteiger partial charge in [0.25, 0.3) is 0 Å². The summed E-state index contributed by atoms with van der Waals surface area (Å²) in [6.07, 6.45) is 0. The first-order valence-electron chi connectivity index (χ1n) is 3.60. The number of nitrogens with zero attached hydrogens (tertiary/aromatic N) is 1. The molecule has 0 aliphatic rings. The number of nitriles is 1. The van der Waals surface area contributed by atoms with E-state index in [4.69, 9.17) is 22.6 Å². The Labute approximate surface area is 84.2 Å². The van der Waals surface area contributed by atoms with E-state index in [1.54, 1.807) is 6.07 Å². The Morgan fingerprint density at radius 3 is 2.92 bits per heavy atom. The molecule has 0 aliphatic heterocycles. The fraction of sp³-hybridized carbons (Fsp3) is 0. The van der Waals surface area contributed by atoms with Gasteiger partial charge in [0.1, 0.15) is 11.1 Å². The lowest BCUT2D eigenvalue weighted by Crippen LogP contribution is -1.82. The van der Waals surface area contributed by atoms with Crippen LogP contribution in [0.2, 0.25) is 5.02 Å². The molecule has 0 amide bonds. The van der Waals surface area contributed by atoms with Crippen molar-refractivity contribution in [1.82, 2.24) is 0 Å². The van der Waals surface area contributed by atoms with Crippen molar-refractivity contribution in [3.63, 3.8) is 0 Å². The summed E-state index contributed by atoms with van der Waals surface area (Å²) in [6.45, 7) is 0. The van der Waals surface area contributed by atoms with E-state index in [0.717, 1.165) is 10.1 Å². The number of thiophene rings is 1. The zero-order chi connectivity index (χ0) is 9.42. The number of nitrogens with two attached hydrogens (primary N) is 1. The Kier molecular flexibility index (Phi) is 1.87. The molecule has 0 saturated carbocycles. The molecule has 4 heteroatoms. The summed E-state index contributed by atoms with van der Waals surface area (Å²) >= 11 is 7.34. The van der Waals surface area contributed by atoms with Crippen LogP contribution in [0.1, 0.15) is 5.56 Å². The second kappa shape index (κ2) is 2.91. The van der Waals surface area contributed by atoms with Crippen LogP contribution in [0.25, 0.3) is 10.1 Å². The number of anilines is 1. The first-order chi connectivity index (χ1) is 6.24. The highest BCUT2D eigenvalue weighted by molar-refractivity contribution is 7.23. The van der Waals surface area contributed by atoms with Crippen molar-refractivity contribution < 1.29 is 0 Å². The van der Waals surface area contributed by atoms with Gasteiger partial charge in [0.05, 0.1) is 10.6 Å². The van der Waals surface area contributed by atoms with Crippen LogP contribution in [0.3, 0.4) is 0 Å². The SMILES string of the molecule is N#Cc1c(N)sc2cccc(Cl)c12. The van der Waals surface area contributed by atoms with E-state index in [9.17, 15) is 0 Å². The summed E-state index contributed by atoms with van der Waals surface area (Å²) in [6, 6.07) is 7.58. The van der Waals surface area contributed by atoms with E-state index in [0.29, 0.717) is 15.6 Å². The number of hydrogen-bond acceptors (Lipinski definition) is 3. The maximum Gasteiger partial charge on any atom is 0.105 e. The zero-order valence-electron chi connectivity index (χ0n) is 6.54. The third kappa shape index (κ3) is 1.15. The van der Waals surface area contributed by atoms with E-state index in [1.807, 2.05) is 12.1 Å². The molecule has 0 bridgehead atoms. The van der Waals surface area contributed by atoms with Gasteiger partial charge in [-0.1, -0.05) is 17.7 Å². The molecule has 0 fully saturated rings. The summed E-state index contributed by atoms with van der Waals surface area (Å²) in [5.41, 5.74) is 6.16. The summed E-state index contributed by atoms with van der Waals surface area (Å²) in [5.74, 6) is 0. The predicted molar refractivity (Wildman–Crippen MR) is 56.0 cm³/mol. The van der Waals surface area contributed by atoms with E-state index in [1.165, 1.54) is 11.3 Å². The topological polar surface area (TPSA) is 49.8 Å². The molecule has 0 saturated heterocycles. The summed E-state index contributed by atoms with van der Waals surface area (Å²) in [7, 11) is 0. The summed E-state index contributed by atoms with van der Waals surface area (Å²) in [5, 5.41) is 10.7. The second-order valence-electron chi connectivity index (χ2n) is 2.57. The third-order valence-corrected chi connectivity index (χ3v) is 3.10. The summed E-state index contributed by atoms with van der Waals surface area (Å²) in [4.78, 5) is 0. The van der Waals surface area contributed by atoms with E-state index in [2.05, 4.69) is 6.07 Å². The quantitative estimate of drug-likeness (QED) is 0.724. The van der Waals surface area contributed by atoms with Crippen LogP contribution in [0.15, 0.2) is 18.2 Å². The van der Waals surface area contributed by atoms with Crippen molar-refractivity contribution in [2.24, 2.45) is 0 Å². The van der Waals surface area contributed by atoms with Crippen LogP contribution in [-0.2, 0) is 0 Å². The van der Waals surface area contributed by atoms with Gasteiger partial charge < -0.3 is 5.73 Å². The van der Waals surface area contributed by atoms with Crippen LogP contribution < -0.4 is 5.73 Å². The van der Waals surface area contributed by atoms with Gasteiger partial charge in [0, 0.05) is 10.1 Å². The van der Waals surface area contributed by atoms with Gasteiger partial charge in [-0.15, -0.1) is 11.3 Å². The molecule has 1 heterocycles. The average molecular weight is 209 g/mol. The maximum absolute atomic E-state index is 8.85. The molecule has 0 atom stereocenters. The Bertz CT molecular complexity index is 510. The molecular weight excluding hydrogens is 204 g/mol. The first kappa shape index (κ1) is 8.36. The number of benzene rings is 1. The summed E-state index contributed by atoms with van der Waals surface area (Å²) < 4.78 is 0.960. The van der Waals surface area contributed by atoms with Gasteiger partial charge in [-0.2, -0.15) is 5.26 Å². The highest BCUT2D eigenvalue weighted by Gasteiger charge is 2.11. The van der Waals surface area contributed by atoms with Crippen molar-refractivity contribution in [3.8, 4) is 6.07 Å². The monoisotopic (exact) mass is 208 g/mol. The van der Waals surface area contributed by atoms with Crippen molar-refractivity contribution in [2.45, 2.75) is 0 Å². The number of rotatable bonds is 0. The molecule has 0 spiro atoms. The minimum Gasteiger partial charge on any atom is -0.389 e. The van der Waals surface area contributed by atoms with Crippen LogP contribution in [0.5, 0.6) is 0 Å². The minimum atomic E-state index is 0.491.